The monoisotopic (exact) mass is 362 g/mol. The van der Waals surface area contributed by atoms with Gasteiger partial charge in [0.15, 0.2) is 0 Å². The standard InChI is InChI=1S/C19H17F3N2O2/c1-2-18(14-8-4-3-5-9-14)16(25)24(17(26)23-18)12-13-7-6-10-15(11-13)19(20,21)22/h3-11H,2,12H2,1H3,(H,23,26). The van der Waals surface area contributed by atoms with Crippen molar-refractivity contribution >= 4 is 11.9 Å². The summed E-state index contributed by atoms with van der Waals surface area (Å²) in [5.74, 6) is -0.464. The predicted octanol–water partition coefficient (Wildman–Crippen LogP) is 4.06. The topological polar surface area (TPSA) is 49.4 Å². The number of urea groups is 1. The minimum absolute atomic E-state index is 0.219. The molecule has 0 spiro atoms. The molecule has 1 saturated heterocycles. The van der Waals surface area contributed by atoms with Gasteiger partial charge in [0.1, 0.15) is 5.54 Å². The van der Waals surface area contributed by atoms with Crippen molar-refractivity contribution in [2.45, 2.75) is 31.6 Å². The van der Waals surface area contributed by atoms with Gasteiger partial charge in [-0.15, -0.1) is 0 Å². The van der Waals surface area contributed by atoms with Gasteiger partial charge in [-0.2, -0.15) is 13.2 Å². The van der Waals surface area contributed by atoms with E-state index in [0.29, 0.717) is 12.0 Å². The van der Waals surface area contributed by atoms with E-state index in [1.807, 2.05) is 0 Å². The van der Waals surface area contributed by atoms with Crippen molar-refractivity contribution in [3.8, 4) is 0 Å². The summed E-state index contributed by atoms with van der Waals surface area (Å²) in [6.45, 7) is 1.56. The number of nitrogens with zero attached hydrogens (tertiary/aromatic N) is 1. The largest absolute Gasteiger partial charge is 0.416 e. The molecule has 1 aliphatic rings. The third-order valence-electron chi connectivity index (χ3n) is 4.57. The molecular weight excluding hydrogens is 345 g/mol. The van der Waals surface area contributed by atoms with Crippen molar-refractivity contribution < 1.29 is 22.8 Å². The number of carbonyl (C=O) groups is 2. The summed E-state index contributed by atoms with van der Waals surface area (Å²) in [6, 6.07) is 12.8. The van der Waals surface area contributed by atoms with Gasteiger partial charge in [-0.1, -0.05) is 49.4 Å². The highest BCUT2D eigenvalue weighted by Gasteiger charge is 2.51. The summed E-state index contributed by atoms with van der Waals surface area (Å²) in [5.41, 5.74) is -1.12. The lowest BCUT2D eigenvalue weighted by molar-refractivity contribution is -0.137. The van der Waals surface area contributed by atoms with Crippen molar-refractivity contribution in [2.24, 2.45) is 0 Å². The van der Waals surface area contributed by atoms with Crippen molar-refractivity contribution in [2.75, 3.05) is 0 Å². The number of halogens is 3. The Bertz CT molecular complexity index is 836. The first kappa shape index (κ1) is 18.0. The highest BCUT2D eigenvalue weighted by atomic mass is 19.4. The third-order valence-corrected chi connectivity index (χ3v) is 4.57. The van der Waals surface area contributed by atoms with Crippen LogP contribution in [0, 0.1) is 0 Å². The van der Waals surface area contributed by atoms with Crippen LogP contribution in [-0.4, -0.2) is 16.8 Å². The van der Waals surface area contributed by atoms with Crippen molar-refractivity contribution in [1.82, 2.24) is 10.2 Å². The molecule has 1 atom stereocenters. The minimum atomic E-state index is -4.48. The van der Waals surface area contributed by atoms with E-state index in [1.54, 1.807) is 37.3 Å². The molecule has 0 saturated carbocycles. The van der Waals surface area contributed by atoms with Crippen LogP contribution in [-0.2, 0) is 23.1 Å². The van der Waals surface area contributed by atoms with E-state index >= 15 is 0 Å². The Morgan fingerprint density at radius 2 is 1.73 bits per heavy atom. The van der Waals surface area contributed by atoms with Crippen LogP contribution in [0.3, 0.4) is 0 Å². The number of nitrogens with one attached hydrogen (secondary N) is 1. The molecule has 3 amide bonds. The van der Waals surface area contributed by atoms with Crippen molar-refractivity contribution in [3.05, 3.63) is 71.3 Å². The molecule has 0 bridgehead atoms. The molecule has 0 aromatic heterocycles. The lowest BCUT2D eigenvalue weighted by Crippen LogP contribution is -2.43. The Kier molecular flexibility index (Phi) is 4.48. The number of imide groups is 1. The summed E-state index contributed by atoms with van der Waals surface area (Å²) in [6.07, 6.45) is -4.15. The number of amides is 3. The quantitative estimate of drug-likeness (QED) is 0.834. The average molecular weight is 362 g/mol. The molecule has 1 unspecified atom stereocenters. The van der Waals surface area contributed by atoms with E-state index in [9.17, 15) is 22.8 Å². The Morgan fingerprint density at radius 1 is 1.04 bits per heavy atom. The molecule has 26 heavy (non-hydrogen) atoms. The number of hydrogen-bond acceptors (Lipinski definition) is 2. The molecule has 2 aromatic carbocycles. The molecule has 3 rings (SSSR count). The molecule has 0 aliphatic carbocycles. The van der Waals surface area contributed by atoms with Crippen molar-refractivity contribution in [3.63, 3.8) is 0 Å². The molecule has 2 aromatic rings. The van der Waals surface area contributed by atoms with E-state index in [4.69, 9.17) is 0 Å². The van der Waals surface area contributed by atoms with E-state index in [0.717, 1.165) is 17.0 Å². The Balaban J connectivity index is 1.91. The van der Waals surface area contributed by atoms with E-state index in [1.165, 1.54) is 12.1 Å². The average Bonchev–Trinajstić information content (AvgIpc) is 2.87. The summed E-state index contributed by atoms with van der Waals surface area (Å²) in [4.78, 5) is 26.3. The first-order valence-corrected chi connectivity index (χ1v) is 8.13. The number of benzene rings is 2. The fraction of sp³-hybridized carbons (Fsp3) is 0.263. The first-order chi connectivity index (χ1) is 12.3. The highest BCUT2D eigenvalue weighted by Crippen LogP contribution is 2.34. The molecule has 136 valence electrons. The van der Waals surface area contributed by atoms with Crippen LogP contribution in [0.5, 0.6) is 0 Å². The zero-order valence-electron chi connectivity index (χ0n) is 14.0. The fourth-order valence-electron chi connectivity index (χ4n) is 3.16. The number of carbonyl (C=O) groups excluding carboxylic acids is 2. The summed E-state index contributed by atoms with van der Waals surface area (Å²) in [5, 5.41) is 2.71. The van der Waals surface area contributed by atoms with Crippen LogP contribution in [0.2, 0.25) is 0 Å². The smallest absolute Gasteiger partial charge is 0.319 e. The lowest BCUT2D eigenvalue weighted by Gasteiger charge is -2.25. The van der Waals surface area contributed by atoms with Gasteiger partial charge in [-0.05, 0) is 29.7 Å². The third kappa shape index (κ3) is 3.05. The second-order valence-electron chi connectivity index (χ2n) is 6.14. The van der Waals surface area contributed by atoms with Crippen LogP contribution in [0.15, 0.2) is 54.6 Å². The van der Waals surface area contributed by atoms with Crippen LogP contribution in [0.25, 0.3) is 0 Å². The zero-order valence-corrected chi connectivity index (χ0v) is 14.0. The van der Waals surface area contributed by atoms with Gasteiger partial charge in [0.05, 0.1) is 12.1 Å². The van der Waals surface area contributed by atoms with Gasteiger partial charge in [0.25, 0.3) is 5.91 Å². The molecule has 1 aliphatic heterocycles. The Morgan fingerprint density at radius 3 is 2.35 bits per heavy atom. The number of hydrogen-bond donors (Lipinski definition) is 1. The van der Waals surface area contributed by atoms with E-state index in [2.05, 4.69) is 5.32 Å². The SMILES string of the molecule is CCC1(c2ccccc2)NC(=O)N(Cc2cccc(C(F)(F)F)c2)C1=O. The van der Waals surface area contributed by atoms with Gasteiger partial charge in [-0.25, -0.2) is 4.79 Å². The molecule has 4 nitrogen and oxygen atoms in total. The van der Waals surface area contributed by atoms with Crippen LogP contribution < -0.4 is 5.32 Å². The second-order valence-corrected chi connectivity index (χ2v) is 6.14. The maximum Gasteiger partial charge on any atom is 0.416 e. The minimum Gasteiger partial charge on any atom is -0.319 e. The maximum absolute atomic E-state index is 13.0. The normalized spacial score (nSPS) is 20.4. The fourth-order valence-corrected chi connectivity index (χ4v) is 3.16. The lowest BCUT2D eigenvalue weighted by atomic mass is 9.87. The predicted molar refractivity (Wildman–Crippen MR) is 88.9 cm³/mol. The van der Waals surface area contributed by atoms with Crippen LogP contribution in [0.1, 0.15) is 30.0 Å². The van der Waals surface area contributed by atoms with E-state index in [-0.39, 0.29) is 12.1 Å². The Hall–Kier alpha value is -2.83. The van der Waals surface area contributed by atoms with Crippen LogP contribution in [0.4, 0.5) is 18.0 Å². The molecular formula is C19H17F3N2O2. The van der Waals surface area contributed by atoms with Gasteiger partial charge in [-0.3, -0.25) is 9.69 Å². The second kappa shape index (κ2) is 6.48. The highest BCUT2D eigenvalue weighted by molar-refractivity contribution is 6.07. The number of rotatable bonds is 4. The summed E-state index contributed by atoms with van der Waals surface area (Å²) in [7, 11) is 0. The molecule has 1 fully saturated rings. The summed E-state index contributed by atoms with van der Waals surface area (Å²) < 4.78 is 38.6. The zero-order chi connectivity index (χ0) is 18.9. The van der Waals surface area contributed by atoms with Gasteiger partial charge in [0.2, 0.25) is 0 Å². The Labute approximate surface area is 148 Å². The molecule has 7 heteroatoms. The first-order valence-electron chi connectivity index (χ1n) is 8.13. The maximum atomic E-state index is 13.0. The number of alkyl halides is 3. The molecule has 1 N–H and O–H groups in total. The van der Waals surface area contributed by atoms with Crippen molar-refractivity contribution in [1.29, 1.82) is 0 Å². The van der Waals surface area contributed by atoms with Gasteiger partial charge < -0.3 is 5.32 Å². The van der Waals surface area contributed by atoms with E-state index < -0.39 is 29.2 Å². The van der Waals surface area contributed by atoms with Gasteiger partial charge >= 0.3 is 12.2 Å². The van der Waals surface area contributed by atoms with Gasteiger partial charge in [0, 0.05) is 0 Å². The van der Waals surface area contributed by atoms with Crippen LogP contribution >= 0.6 is 0 Å². The summed E-state index contributed by atoms with van der Waals surface area (Å²) >= 11 is 0. The molecule has 1 heterocycles. The molecule has 0 radical (unpaired) electrons.